The van der Waals surface area contributed by atoms with Gasteiger partial charge in [0.25, 0.3) is 0 Å². The van der Waals surface area contributed by atoms with Gasteiger partial charge < -0.3 is 4.98 Å². The van der Waals surface area contributed by atoms with Gasteiger partial charge in [0, 0.05) is 16.8 Å². The van der Waals surface area contributed by atoms with E-state index in [1.54, 1.807) is 12.1 Å². The van der Waals surface area contributed by atoms with Crippen molar-refractivity contribution in [1.82, 2.24) is 9.97 Å². The number of nitrogens with one attached hydrogen (secondary N) is 1. The second-order valence-electron chi connectivity index (χ2n) is 4.71. The number of aryl methyl sites for hydroxylation is 1. The van der Waals surface area contributed by atoms with E-state index in [0.717, 1.165) is 16.8 Å². The van der Waals surface area contributed by atoms with Gasteiger partial charge in [0.15, 0.2) is 0 Å². The number of rotatable bonds is 2. The molecule has 5 heteroatoms. The third-order valence-electron chi connectivity index (χ3n) is 2.92. The standard InChI is InChI=1S/C14H14ClFN2S/c1-7(2)12-8(3)17-13(18-14(12)19)9-4-5-11(16)10(15)6-9/h4-7H,1-3H3,(H,17,18,19). The molecule has 1 aromatic heterocycles. The van der Waals surface area contributed by atoms with E-state index in [-0.39, 0.29) is 5.02 Å². The zero-order valence-electron chi connectivity index (χ0n) is 10.9. The molecule has 1 N–H and O–H groups in total. The summed E-state index contributed by atoms with van der Waals surface area (Å²) in [5.74, 6) is 0.468. The number of halogens is 2. The van der Waals surface area contributed by atoms with Gasteiger partial charge in [0.1, 0.15) is 16.3 Å². The number of hydrogen-bond acceptors (Lipinski definition) is 2. The molecule has 0 unspecified atom stereocenters. The van der Waals surface area contributed by atoms with Crippen molar-refractivity contribution in [3.63, 3.8) is 0 Å². The van der Waals surface area contributed by atoms with E-state index in [0.29, 0.717) is 16.4 Å². The Labute approximate surface area is 121 Å². The highest BCUT2D eigenvalue weighted by Gasteiger charge is 2.11. The maximum atomic E-state index is 13.2. The van der Waals surface area contributed by atoms with Crippen LogP contribution in [0.2, 0.25) is 5.02 Å². The van der Waals surface area contributed by atoms with E-state index in [1.165, 1.54) is 6.07 Å². The van der Waals surface area contributed by atoms with Crippen LogP contribution < -0.4 is 0 Å². The Kier molecular flexibility index (Phi) is 4.02. The predicted octanol–water partition coefficient (Wildman–Crippen LogP) is 5.03. The van der Waals surface area contributed by atoms with Crippen molar-refractivity contribution in [2.45, 2.75) is 26.7 Å². The zero-order valence-corrected chi connectivity index (χ0v) is 12.5. The van der Waals surface area contributed by atoms with E-state index < -0.39 is 5.82 Å². The zero-order chi connectivity index (χ0) is 14.2. The average molecular weight is 297 g/mol. The Hall–Kier alpha value is -1.26. The number of aromatic amines is 1. The van der Waals surface area contributed by atoms with Crippen molar-refractivity contribution in [1.29, 1.82) is 0 Å². The normalized spacial score (nSPS) is 11.1. The molecule has 0 saturated heterocycles. The molecule has 0 spiro atoms. The van der Waals surface area contributed by atoms with Crippen LogP contribution in [-0.2, 0) is 0 Å². The summed E-state index contributed by atoms with van der Waals surface area (Å²) in [6, 6.07) is 4.49. The lowest BCUT2D eigenvalue weighted by atomic mass is 10.0. The van der Waals surface area contributed by atoms with Crippen molar-refractivity contribution in [2.75, 3.05) is 0 Å². The summed E-state index contributed by atoms with van der Waals surface area (Å²) < 4.78 is 13.7. The minimum Gasteiger partial charge on any atom is -0.343 e. The minimum absolute atomic E-state index is 0.0733. The first-order valence-corrected chi connectivity index (χ1v) is 6.75. The van der Waals surface area contributed by atoms with E-state index in [2.05, 4.69) is 23.8 Å². The maximum absolute atomic E-state index is 13.2. The van der Waals surface area contributed by atoms with Crippen molar-refractivity contribution in [2.24, 2.45) is 0 Å². The van der Waals surface area contributed by atoms with Gasteiger partial charge in [-0.15, -0.1) is 0 Å². The fraction of sp³-hybridized carbons (Fsp3) is 0.286. The number of nitrogens with zero attached hydrogens (tertiary/aromatic N) is 1. The van der Waals surface area contributed by atoms with E-state index in [9.17, 15) is 4.39 Å². The Bertz CT molecular complexity index is 680. The van der Waals surface area contributed by atoms with Gasteiger partial charge >= 0.3 is 0 Å². The fourth-order valence-corrected chi connectivity index (χ4v) is 2.72. The smallest absolute Gasteiger partial charge is 0.141 e. The van der Waals surface area contributed by atoms with Gasteiger partial charge in [-0.25, -0.2) is 9.37 Å². The largest absolute Gasteiger partial charge is 0.343 e. The molecular weight excluding hydrogens is 283 g/mol. The molecule has 0 radical (unpaired) electrons. The molecule has 0 aliphatic rings. The molecule has 0 bridgehead atoms. The summed E-state index contributed by atoms with van der Waals surface area (Å²) in [6.07, 6.45) is 0. The van der Waals surface area contributed by atoms with Crippen LogP contribution in [0, 0.1) is 17.4 Å². The van der Waals surface area contributed by atoms with Gasteiger partial charge in [-0.05, 0) is 31.0 Å². The third-order valence-corrected chi connectivity index (χ3v) is 3.52. The number of benzene rings is 1. The molecule has 1 heterocycles. The van der Waals surface area contributed by atoms with Crippen LogP contribution in [0.15, 0.2) is 18.2 Å². The number of H-pyrrole nitrogens is 1. The summed E-state index contributed by atoms with van der Waals surface area (Å²) in [5.41, 5.74) is 2.73. The van der Waals surface area contributed by atoms with E-state index in [1.807, 2.05) is 6.92 Å². The molecule has 100 valence electrons. The van der Waals surface area contributed by atoms with Crippen molar-refractivity contribution < 1.29 is 4.39 Å². The molecule has 0 saturated carbocycles. The molecule has 2 aromatic rings. The van der Waals surface area contributed by atoms with Crippen LogP contribution in [0.5, 0.6) is 0 Å². The summed E-state index contributed by atoms with van der Waals surface area (Å²) in [6.45, 7) is 6.10. The van der Waals surface area contributed by atoms with Crippen LogP contribution in [0.1, 0.15) is 31.0 Å². The van der Waals surface area contributed by atoms with Crippen LogP contribution in [0.4, 0.5) is 4.39 Å². The topological polar surface area (TPSA) is 28.7 Å². The first-order valence-electron chi connectivity index (χ1n) is 5.96. The average Bonchev–Trinajstić information content (AvgIpc) is 2.31. The lowest BCUT2D eigenvalue weighted by Crippen LogP contribution is -2.01. The van der Waals surface area contributed by atoms with Gasteiger partial charge in [-0.3, -0.25) is 0 Å². The SMILES string of the molecule is Cc1[nH]c(-c2ccc(F)c(Cl)c2)nc(=S)c1C(C)C. The van der Waals surface area contributed by atoms with Crippen molar-refractivity contribution in [3.8, 4) is 11.4 Å². The second kappa shape index (κ2) is 5.39. The second-order valence-corrected chi connectivity index (χ2v) is 5.51. The summed E-state index contributed by atoms with van der Waals surface area (Å²) in [5, 5.41) is 0.0733. The van der Waals surface area contributed by atoms with Crippen LogP contribution in [0.25, 0.3) is 11.4 Å². The van der Waals surface area contributed by atoms with Crippen molar-refractivity contribution in [3.05, 3.63) is 44.9 Å². The maximum Gasteiger partial charge on any atom is 0.141 e. The van der Waals surface area contributed by atoms with Gasteiger partial charge in [-0.2, -0.15) is 0 Å². The van der Waals surface area contributed by atoms with Gasteiger partial charge in [0.05, 0.1) is 5.02 Å². The number of aromatic nitrogens is 2. The molecular formula is C14H14ClFN2S. The molecule has 0 atom stereocenters. The highest BCUT2D eigenvalue weighted by molar-refractivity contribution is 7.71. The quantitative estimate of drug-likeness (QED) is 0.787. The Balaban J connectivity index is 2.58. The predicted molar refractivity (Wildman–Crippen MR) is 78.7 cm³/mol. The monoisotopic (exact) mass is 296 g/mol. The Morgan fingerprint density at radius 3 is 2.58 bits per heavy atom. The van der Waals surface area contributed by atoms with E-state index >= 15 is 0 Å². The highest BCUT2D eigenvalue weighted by atomic mass is 35.5. The van der Waals surface area contributed by atoms with Gasteiger partial charge in [0.2, 0.25) is 0 Å². The molecule has 2 nitrogen and oxygen atoms in total. The van der Waals surface area contributed by atoms with Crippen LogP contribution >= 0.6 is 23.8 Å². The summed E-state index contributed by atoms with van der Waals surface area (Å²) in [7, 11) is 0. The molecule has 0 aliphatic carbocycles. The first-order chi connectivity index (χ1) is 8.90. The summed E-state index contributed by atoms with van der Waals surface area (Å²) in [4.78, 5) is 7.58. The minimum atomic E-state index is -0.445. The molecule has 2 rings (SSSR count). The van der Waals surface area contributed by atoms with E-state index in [4.69, 9.17) is 23.8 Å². The Morgan fingerprint density at radius 2 is 2.05 bits per heavy atom. The molecule has 0 amide bonds. The number of hydrogen-bond donors (Lipinski definition) is 1. The highest BCUT2D eigenvalue weighted by Crippen LogP contribution is 2.25. The lowest BCUT2D eigenvalue weighted by Gasteiger charge is -2.12. The summed E-state index contributed by atoms with van der Waals surface area (Å²) >= 11 is 11.1. The fourth-order valence-electron chi connectivity index (χ4n) is 2.06. The van der Waals surface area contributed by atoms with Crippen molar-refractivity contribution >= 4 is 23.8 Å². The van der Waals surface area contributed by atoms with Crippen LogP contribution in [0.3, 0.4) is 0 Å². The third kappa shape index (κ3) is 2.85. The molecule has 1 aromatic carbocycles. The lowest BCUT2D eigenvalue weighted by molar-refractivity contribution is 0.628. The molecule has 19 heavy (non-hydrogen) atoms. The van der Waals surface area contributed by atoms with Crippen LogP contribution in [-0.4, -0.2) is 9.97 Å². The first kappa shape index (κ1) is 14.2. The molecule has 0 aliphatic heterocycles. The molecule has 0 fully saturated rings. The van der Waals surface area contributed by atoms with Gasteiger partial charge in [-0.1, -0.05) is 37.7 Å². The Morgan fingerprint density at radius 1 is 1.37 bits per heavy atom.